The van der Waals surface area contributed by atoms with Crippen molar-refractivity contribution in [1.82, 2.24) is 10.2 Å². The quantitative estimate of drug-likeness (QED) is 0.757. The second-order valence-electron chi connectivity index (χ2n) is 5.11. The highest BCUT2D eigenvalue weighted by molar-refractivity contribution is 5.51. The molecule has 2 N–H and O–H groups in total. The summed E-state index contributed by atoms with van der Waals surface area (Å²) in [4.78, 5) is 0. The van der Waals surface area contributed by atoms with E-state index in [-0.39, 0.29) is 5.41 Å². The van der Waals surface area contributed by atoms with Crippen LogP contribution in [0.5, 0.6) is 0 Å². The maximum atomic E-state index is 4.34. The number of H-pyrrole nitrogens is 1. The number of anilines is 1. The minimum Gasteiger partial charge on any atom is -0.366 e. The summed E-state index contributed by atoms with van der Waals surface area (Å²) in [7, 11) is 0. The number of nitrogens with one attached hydrogen (secondary N) is 2. The Morgan fingerprint density at radius 3 is 2.79 bits per heavy atom. The fourth-order valence-electron chi connectivity index (χ4n) is 2.12. The average Bonchev–Trinajstić information content (AvgIpc) is 2.55. The van der Waals surface area contributed by atoms with E-state index < -0.39 is 0 Å². The molecule has 14 heavy (non-hydrogen) atoms. The molecule has 1 aliphatic carbocycles. The Balaban J connectivity index is 2.31. The lowest BCUT2D eigenvalue weighted by Gasteiger charge is -2.15. The van der Waals surface area contributed by atoms with Gasteiger partial charge in [0, 0.05) is 22.7 Å². The van der Waals surface area contributed by atoms with Crippen LogP contribution in [-0.2, 0) is 11.8 Å². The van der Waals surface area contributed by atoms with Gasteiger partial charge in [-0.25, -0.2) is 0 Å². The van der Waals surface area contributed by atoms with Gasteiger partial charge >= 0.3 is 0 Å². The Morgan fingerprint density at radius 2 is 2.14 bits per heavy atom. The number of hydrogen-bond acceptors (Lipinski definition) is 2. The molecule has 3 heteroatoms. The van der Waals surface area contributed by atoms with Crippen LogP contribution >= 0.6 is 0 Å². The van der Waals surface area contributed by atoms with Gasteiger partial charge in [0.2, 0.25) is 0 Å². The van der Waals surface area contributed by atoms with Crippen LogP contribution in [-0.4, -0.2) is 16.2 Å². The van der Waals surface area contributed by atoms with Crippen molar-refractivity contribution in [3.05, 3.63) is 11.3 Å². The van der Waals surface area contributed by atoms with Crippen LogP contribution in [0.4, 0.5) is 5.82 Å². The van der Waals surface area contributed by atoms with E-state index in [0.717, 1.165) is 12.2 Å². The lowest BCUT2D eigenvalue weighted by atomic mass is 9.91. The average molecular weight is 193 g/mol. The first-order valence-electron chi connectivity index (χ1n) is 5.35. The van der Waals surface area contributed by atoms with E-state index in [2.05, 4.69) is 43.2 Å². The fourth-order valence-corrected chi connectivity index (χ4v) is 2.12. The van der Waals surface area contributed by atoms with Crippen molar-refractivity contribution >= 4 is 5.82 Å². The smallest absolute Gasteiger partial charge is 0.151 e. The van der Waals surface area contributed by atoms with Gasteiger partial charge in [-0.15, -0.1) is 0 Å². The van der Waals surface area contributed by atoms with Gasteiger partial charge in [0.1, 0.15) is 0 Å². The minimum atomic E-state index is 0.277. The summed E-state index contributed by atoms with van der Waals surface area (Å²) in [5, 5.41) is 10.9. The molecule has 0 radical (unpaired) electrons. The minimum absolute atomic E-state index is 0.277. The van der Waals surface area contributed by atoms with E-state index in [4.69, 9.17) is 0 Å². The molecule has 78 valence electrons. The largest absolute Gasteiger partial charge is 0.366 e. The van der Waals surface area contributed by atoms with Gasteiger partial charge in [0.05, 0.1) is 0 Å². The topological polar surface area (TPSA) is 40.7 Å². The van der Waals surface area contributed by atoms with E-state index in [9.17, 15) is 0 Å². The SMILES string of the molecule is CC(C)Nc1n[nH]c2c1CCC2(C)C. The number of aromatic amines is 1. The van der Waals surface area contributed by atoms with Crippen LogP contribution < -0.4 is 5.32 Å². The Labute approximate surface area is 85.3 Å². The molecule has 0 bridgehead atoms. The number of aromatic nitrogens is 2. The van der Waals surface area contributed by atoms with Gasteiger partial charge < -0.3 is 5.32 Å². The van der Waals surface area contributed by atoms with E-state index in [1.807, 2.05) is 0 Å². The van der Waals surface area contributed by atoms with Crippen molar-refractivity contribution < 1.29 is 0 Å². The highest BCUT2D eigenvalue weighted by atomic mass is 15.2. The third kappa shape index (κ3) is 1.41. The van der Waals surface area contributed by atoms with Crippen molar-refractivity contribution in [2.24, 2.45) is 0 Å². The molecule has 0 aromatic carbocycles. The molecular weight excluding hydrogens is 174 g/mol. The van der Waals surface area contributed by atoms with Gasteiger partial charge in [-0.2, -0.15) is 5.10 Å². The molecule has 0 unspecified atom stereocenters. The summed E-state index contributed by atoms with van der Waals surface area (Å²) in [6, 6.07) is 0.450. The van der Waals surface area contributed by atoms with E-state index >= 15 is 0 Å². The summed E-state index contributed by atoms with van der Waals surface area (Å²) in [6.45, 7) is 8.83. The van der Waals surface area contributed by atoms with Crippen molar-refractivity contribution in [2.45, 2.75) is 52.0 Å². The first kappa shape index (κ1) is 9.56. The van der Waals surface area contributed by atoms with Crippen LogP contribution in [0, 0.1) is 0 Å². The third-order valence-electron chi connectivity index (χ3n) is 2.97. The third-order valence-corrected chi connectivity index (χ3v) is 2.97. The summed E-state index contributed by atoms with van der Waals surface area (Å²) in [6.07, 6.45) is 2.37. The summed E-state index contributed by atoms with van der Waals surface area (Å²) in [5.41, 5.74) is 2.99. The molecule has 0 aliphatic heterocycles. The van der Waals surface area contributed by atoms with E-state index in [0.29, 0.717) is 6.04 Å². The second-order valence-corrected chi connectivity index (χ2v) is 5.11. The van der Waals surface area contributed by atoms with Gasteiger partial charge in [-0.3, -0.25) is 5.10 Å². The number of hydrogen-bond donors (Lipinski definition) is 2. The molecule has 0 amide bonds. The monoisotopic (exact) mass is 193 g/mol. The molecule has 0 atom stereocenters. The second kappa shape index (κ2) is 3.01. The Morgan fingerprint density at radius 1 is 1.43 bits per heavy atom. The molecule has 1 aliphatic rings. The standard InChI is InChI=1S/C11H19N3/c1-7(2)12-10-8-5-6-11(3,4)9(8)13-14-10/h7H,5-6H2,1-4H3,(H2,12,13,14). The molecule has 0 spiro atoms. The molecule has 1 heterocycles. The molecule has 0 fully saturated rings. The maximum absolute atomic E-state index is 4.34. The zero-order chi connectivity index (χ0) is 10.3. The molecule has 3 nitrogen and oxygen atoms in total. The first-order chi connectivity index (χ1) is 6.50. The lowest BCUT2D eigenvalue weighted by molar-refractivity contribution is 0.504. The molecule has 2 rings (SSSR count). The highest BCUT2D eigenvalue weighted by Gasteiger charge is 2.34. The summed E-state index contributed by atoms with van der Waals surface area (Å²) < 4.78 is 0. The molecule has 0 saturated carbocycles. The summed E-state index contributed by atoms with van der Waals surface area (Å²) in [5.74, 6) is 1.06. The van der Waals surface area contributed by atoms with Crippen LogP contribution in [0.3, 0.4) is 0 Å². The van der Waals surface area contributed by atoms with Crippen molar-refractivity contribution in [1.29, 1.82) is 0 Å². The van der Waals surface area contributed by atoms with Crippen molar-refractivity contribution in [2.75, 3.05) is 5.32 Å². The Kier molecular flexibility index (Phi) is 2.05. The predicted molar refractivity (Wildman–Crippen MR) is 58.7 cm³/mol. The predicted octanol–water partition coefficient (Wildman–Crippen LogP) is 2.45. The van der Waals surface area contributed by atoms with Gasteiger partial charge in [-0.1, -0.05) is 13.8 Å². The molecule has 1 aromatic rings. The number of fused-ring (bicyclic) bond motifs is 1. The van der Waals surface area contributed by atoms with Crippen LogP contribution in [0.2, 0.25) is 0 Å². The van der Waals surface area contributed by atoms with Crippen LogP contribution in [0.25, 0.3) is 0 Å². The van der Waals surface area contributed by atoms with Crippen LogP contribution in [0.15, 0.2) is 0 Å². The van der Waals surface area contributed by atoms with Gasteiger partial charge in [-0.05, 0) is 26.7 Å². The van der Waals surface area contributed by atoms with E-state index in [1.54, 1.807) is 0 Å². The number of rotatable bonds is 2. The molecular formula is C11H19N3. The van der Waals surface area contributed by atoms with E-state index in [1.165, 1.54) is 17.7 Å². The normalized spacial score (nSPS) is 18.6. The van der Waals surface area contributed by atoms with Gasteiger partial charge in [0.15, 0.2) is 5.82 Å². The van der Waals surface area contributed by atoms with Gasteiger partial charge in [0.25, 0.3) is 0 Å². The van der Waals surface area contributed by atoms with Crippen LogP contribution in [0.1, 0.15) is 45.4 Å². The summed E-state index contributed by atoms with van der Waals surface area (Å²) >= 11 is 0. The number of nitrogens with zero attached hydrogens (tertiary/aromatic N) is 1. The maximum Gasteiger partial charge on any atom is 0.151 e. The zero-order valence-corrected chi connectivity index (χ0v) is 9.44. The fraction of sp³-hybridized carbons (Fsp3) is 0.727. The first-order valence-corrected chi connectivity index (χ1v) is 5.35. The highest BCUT2D eigenvalue weighted by Crippen LogP contribution is 2.39. The molecule has 1 aromatic heterocycles. The molecule has 0 saturated heterocycles. The Bertz CT molecular complexity index is 336. The van der Waals surface area contributed by atoms with Crippen molar-refractivity contribution in [3.63, 3.8) is 0 Å². The van der Waals surface area contributed by atoms with Crippen molar-refractivity contribution in [3.8, 4) is 0 Å². The zero-order valence-electron chi connectivity index (χ0n) is 9.44. The lowest BCUT2D eigenvalue weighted by Crippen LogP contribution is -2.12. The Hall–Kier alpha value is -0.990.